The minimum atomic E-state index is -0.779. The number of hydrogen-bond donors (Lipinski definition) is 2. The van der Waals surface area contributed by atoms with E-state index < -0.39 is 5.97 Å². The molecule has 1 fully saturated rings. The van der Waals surface area contributed by atoms with Crippen molar-refractivity contribution >= 4 is 17.6 Å². The van der Waals surface area contributed by atoms with Gasteiger partial charge < -0.3 is 10.4 Å². The van der Waals surface area contributed by atoms with Crippen LogP contribution in [0.25, 0.3) is 0 Å². The fourth-order valence-corrected chi connectivity index (χ4v) is 2.53. The molecule has 2 rings (SSSR count). The zero-order valence-electron chi connectivity index (χ0n) is 11.0. The molecule has 0 unspecified atom stereocenters. The van der Waals surface area contributed by atoms with Crippen LogP contribution in [0, 0.1) is 23.2 Å². The van der Waals surface area contributed by atoms with Gasteiger partial charge in [-0.1, -0.05) is 12.1 Å². The van der Waals surface area contributed by atoms with E-state index in [0.717, 1.165) is 0 Å². The molecule has 5 nitrogen and oxygen atoms in total. The largest absolute Gasteiger partial charge is 0.481 e. The van der Waals surface area contributed by atoms with Gasteiger partial charge in [0, 0.05) is 5.92 Å². The van der Waals surface area contributed by atoms with Crippen LogP contribution in [0.4, 0.5) is 5.69 Å². The summed E-state index contributed by atoms with van der Waals surface area (Å²) in [5, 5.41) is 20.7. The molecular formula is C15H16N2O3. The lowest BCUT2D eigenvalue weighted by Crippen LogP contribution is -2.29. The summed E-state index contributed by atoms with van der Waals surface area (Å²) in [6, 6.07) is 8.88. The summed E-state index contributed by atoms with van der Waals surface area (Å²) in [5.74, 6) is -1.40. The predicted molar refractivity (Wildman–Crippen MR) is 72.9 cm³/mol. The molecule has 0 radical (unpaired) electrons. The van der Waals surface area contributed by atoms with E-state index in [1.165, 1.54) is 0 Å². The van der Waals surface area contributed by atoms with Crippen molar-refractivity contribution in [3.05, 3.63) is 29.8 Å². The number of carbonyl (C=O) groups excluding carboxylic acids is 1. The highest BCUT2D eigenvalue weighted by Crippen LogP contribution is 2.30. The smallest absolute Gasteiger partial charge is 0.306 e. The van der Waals surface area contributed by atoms with Gasteiger partial charge in [-0.05, 0) is 37.8 Å². The number of nitrogens with one attached hydrogen (secondary N) is 1. The van der Waals surface area contributed by atoms with Crippen molar-refractivity contribution in [3.8, 4) is 6.07 Å². The van der Waals surface area contributed by atoms with Crippen molar-refractivity contribution in [1.29, 1.82) is 5.26 Å². The van der Waals surface area contributed by atoms with Crippen molar-refractivity contribution in [3.63, 3.8) is 0 Å². The molecule has 20 heavy (non-hydrogen) atoms. The van der Waals surface area contributed by atoms with Crippen LogP contribution in [-0.2, 0) is 9.59 Å². The Morgan fingerprint density at radius 3 is 2.35 bits per heavy atom. The number of rotatable bonds is 3. The van der Waals surface area contributed by atoms with Gasteiger partial charge >= 0.3 is 5.97 Å². The Morgan fingerprint density at radius 2 is 1.75 bits per heavy atom. The Labute approximate surface area is 117 Å². The van der Waals surface area contributed by atoms with Crippen molar-refractivity contribution in [1.82, 2.24) is 0 Å². The Balaban J connectivity index is 1.97. The average Bonchev–Trinajstić information content (AvgIpc) is 2.48. The zero-order chi connectivity index (χ0) is 14.5. The topological polar surface area (TPSA) is 90.2 Å². The third-order valence-corrected chi connectivity index (χ3v) is 3.75. The van der Waals surface area contributed by atoms with Gasteiger partial charge in [0.25, 0.3) is 0 Å². The summed E-state index contributed by atoms with van der Waals surface area (Å²) >= 11 is 0. The lowest BCUT2D eigenvalue weighted by molar-refractivity contribution is -0.143. The zero-order valence-corrected chi connectivity index (χ0v) is 11.0. The third-order valence-electron chi connectivity index (χ3n) is 3.75. The van der Waals surface area contributed by atoms with E-state index in [9.17, 15) is 9.59 Å². The minimum Gasteiger partial charge on any atom is -0.481 e. The van der Waals surface area contributed by atoms with Gasteiger partial charge in [-0.25, -0.2) is 0 Å². The second-order valence-electron chi connectivity index (χ2n) is 5.03. The number of carboxylic acids is 1. The number of carbonyl (C=O) groups is 2. The normalized spacial score (nSPS) is 21.8. The lowest BCUT2D eigenvalue weighted by atomic mass is 9.81. The maximum atomic E-state index is 12.1. The highest BCUT2D eigenvalue weighted by molar-refractivity contribution is 5.93. The van der Waals surface area contributed by atoms with Crippen LogP contribution < -0.4 is 5.32 Å². The molecule has 5 heteroatoms. The van der Waals surface area contributed by atoms with E-state index in [0.29, 0.717) is 36.9 Å². The lowest BCUT2D eigenvalue weighted by Gasteiger charge is -2.25. The number of benzene rings is 1. The number of nitrogens with zero attached hydrogens (tertiary/aromatic N) is 1. The molecule has 1 amide bonds. The SMILES string of the molecule is N#Cc1ccccc1NC(=O)C1CCC(C(=O)O)CC1. The van der Waals surface area contributed by atoms with Crippen LogP contribution in [0.15, 0.2) is 24.3 Å². The standard InChI is InChI=1S/C15H16N2O3/c16-9-12-3-1-2-4-13(12)17-14(18)10-5-7-11(8-6-10)15(19)20/h1-4,10-11H,5-8H2,(H,17,18)(H,19,20). The molecule has 0 saturated heterocycles. The average molecular weight is 272 g/mol. The Hall–Kier alpha value is -2.35. The van der Waals surface area contributed by atoms with E-state index in [2.05, 4.69) is 5.32 Å². The summed E-state index contributed by atoms with van der Waals surface area (Å²) in [5.41, 5.74) is 0.945. The van der Waals surface area contributed by atoms with Gasteiger partial charge in [-0.3, -0.25) is 9.59 Å². The van der Waals surface area contributed by atoms with Gasteiger partial charge in [0.2, 0.25) is 5.91 Å². The molecule has 0 atom stereocenters. The van der Waals surface area contributed by atoms with E-state index in [4.69, 9.17) is 10.4 Å². The molecule has 1 aromatic carbocycles. The molecule has 1 aromatic rings. The van der Waals surface area contributed by atoms with Crippen LogP contribution in [0.2, 0.25) is 0 Å². The molecule has 1 aliphatic rings. The summed E-state index contributed by atoms with van der Waals surface area (Å²) in [7, 11) is 0. The maximum absolute atomic E-state index is 12.1. The Morgan fingerprint density at radius 1 is 1.15 bits per heavy atom. The first-order valence-electron chi connectivity index (χ1n) is 6.64. The molecule has 0 aliphatic heterocycles. The van der Waals surface area contributed by atoms with E-state index in [1.807, 2.05) is 6.07 Å². The van der Waals surface area contributed by atoms with Crippen LogP contribution in [-0.4, -0.2) is 17.0 Å². The fraction of sp³-hybridized carbons (Fsp3) is 0.400. The summed E-state index contributed by atoms with van der Waals surface area (Å²) in [4.78, 5) is 23.0. The highest BCUT2D eigenvalue weighted by atomic mass is 16.4. The third kappa shape index (κ3) is 3.15. The van der Waals surface area contributed by atoms with Crippen molar-refractivity contribution in [2.75, 3.05) is 5.32 Å². The van der Waals surface area contributed by atoms with Crippen molar-refractivity contribution in [2.24, 2.45) is 11.8 Å². The van der Waals surface area contributed by atoms with Gasteiger partial charge in [-0.2, -0.15) is 5.26 Å². The molecule has 0 spiro atoms. The molecule has 104 valence electrons. The number of nitriles is 1. The Kier molecular flexibility index (Phi) is 4.36. The van der Waals surface area contributed by atoms with Gasteiger partial charge in [0.05, 0.1) is 17.2 Å². The first-order chi connectivity index (χ1) is 9.61. The first-order valence-corrected chi connectivity index (χ1v) is 6.64. The predicted octanol–water partition coefficient (Wildman–Crippen LogP) is 2.39. The van der Waals surface area contributed by atoms with E-state index >= 15 is 0 Å². The summed E-state index contributed by atoms with van der Waals surface area (Å²) < 4.78 is 0. The molecule has 1 saturated carbocycles. The summed E-state index contributed by atoms with van der Waals surface area (Å²) in [6.07, 6.45) is 2.23. The van der Waals surface area contributed by atoms with Gasteiger partial charge in [0.1, 0.15) is 6.07 Å². The number of anilines is 1. The van der Waals surface area contributed by atoms with Crippen molar-refractivity contribution in [2.45, 2.75) is 25.7 Å². The number of para-hydroxylation sites is 1. The van der Waals surface area contributed by atoms with Gasteiger partial charge in [0.15, 0.2) is 0 Å². The van der Waals surface area contributed by atoms with E-state index in [-0.39, 0.29) is 17.7 Å². The fourth-order valence-electron chi connectivity index (χ4n) is 2.53. The molecule has 0 heterocycles. The number of hydrogen-bond acceptors (Lipinski definition) is 3. The van der Waals surface area contributed by atoms with Crippen LogP contribution in [0.1, 0.15) is 31.2 Å². The maximum Gasteiger partial charge on any atom is 0.306 e. The second-order valence-corrected chi connectivity index (χ2v) is 5.03. The number of aliphatic carboxylic acids is 1. The number of carboxylic acid groups (broad SMARTS) is 1. The van der Waals surface area contributed by atoms with Gasteiger partial charge in [-0.15, -0.1) is 0 Å². The minimum absolute atomic E-state index is 0.128. The van der Waals surface area contributed by atoms with Crippen LogP contribution >= 0.6 is 0 Å². The summed E-state index contributed by atoms with van der Waals surface area (Å²) in [6.45, 7) is 0. The Bertz CT molecular complexity index is 554. The molecule has 1 aliphatic carbocycles. The number of amides is 1. The van der Waals surface area contributed by atoms with Crippen LogP contribution in [0.5, 0.6) is 0 Å². The second kappa shape index (κ2) is 6.20. The highest BCUT2D eigenvalue weighted by Gasteiger charge is 2.29. The van der Waals surface area contributed by atoms with Crippen molar-refractivity contribution < 1.29 is 14.7 Å². The van der Waals surface area contributed by atoms with Crippen LogP contribution in [0.3, 0.4) is 0 Å². The molecule has 0 bridgehead atoms. The monoisotopic (exact) mass is 272 g/mol. The molecular weight excluding hydrogens is 256 g/mol. The molecule has 2 N–H and O–H groups in total. The quantitative estimate of drug-likeness (QED) is 0.884. The first kappa shape index (κ1) is 14.1. The van der Waals surface area contributed by atoms with E-state index in [1.54, 1.807) is 24.3 Å². The molecule has 0 aromatic heterocycles.